The topological polar surface area (TPSA) is 123 Å². The molecule has 0 atom stereocenters. The van der Waals surface area contributed by atoms with Crippen LogP contribution in [0.3, 0.4) is 0 Å². The smallest absolute Gasteiger partial charge is 0.303 e. The van der Waals surface area contributed by atoms with Crippen molar-refractivity contribution in [3.05, 3.63) is 11.9 Å². The maximum atomic E-state index is 12.0. The fraction of sp³-hybridized carbons (Fsp3) is 0.538. The first kappa shape index (κ1) is 17.6. The number of methoxy groups -OCH3 is 1. The number of anilines is 1. The van der Waals surface area contributed by atoms with Crippen LogP contribution in [0, 0.1) is 0 Å². The van der Waals surface area contributed by atoms with Gasteiger partial charge in [-0.25, -0.2) is 0 Å². The van der Waals surface area contributed by atoms with Crippen molar-refractivity contribution in [2.75, 3.05) is 25.6 Å². The van der Waals surface area contributed by atoms with E-state index in [1.807, 2.05) is 6.92 Å². The quantitative estimate of drug-likeness (QED) is 0.555. The molecule has 122 valence electrons. The second kappa shape index (κ2) is 8.78. The molecule has 0 aliphatic heterocycles. The Labute approximate surface area is 127 Å². The molecule has 0 bridgehead atoms. The number of amides is 2. The highest BCUT2D eigenvalue weighted by Gasteiger charge is 2.18. The van der Waals surface area contributed by atoms with Crippen LogP contribution in [0.1, 0.15) is 30.3 Å². The molecular weight excluding hydrogens is 292 g/mol. The normalized spacial score (nSPS) is 10.3. The molecule has 1 aromatic rings. The van der Waals surface area contributed by atoms with Gasteiger partial charge in [0, 0.05) is 32.8 Å². The van der Waals surface area contributed by atoms with Crippen LogP contribution >= 0.6 is 0 Å². The Morgan fingerprint density at radius 2 is 2.09 bits per heavy atom. The molecule has 0 saturated heterocycles. The molecule has 0 unspecified atom stereocenters. The van der Waals surface area contributed by atoms with Crippen LogP contribution in [0.5, 0.6) is 0 Å². The molecule has 0 aliphatic carbocycles. The lowest BCUT2D eigenvalue weighted by molar-refractivity contribution is -0.138. The molecular formula is C13H20N4O5. The van der Waals surface area contributed by atoms with Gasteiger partial charge in [-0.1, -0.05) is 0 Å². The molecule has 1 heterocycles. The van der Waals surface area contributed by atoms with Crippen LogP contribution in [-0.2, 0) is 20.9 Å². The van der Waals surface area contributed by atoms with Gasteiger partial charge in [0.1, 0.15) is 0 Å². The highest BCUT2D eigenvalue weighted by Crippen LogP contribution is 2.14. The van der Waals surface area contributed by atoms with Crippen LogP contribution in [0.15, 0.2) is 6.20 Å². The summed E-state index contributed by atoms with van der Waals surface area (Å²) in [5.41, 5.74) is 0.341. The van der Waals surface area contributed by atoms with Crippen LogP contribution in [-0.4, -0.2) is 52.9 Å². The van der Waals surface area contributed by atoms with Gasteiger partial charge in [-0.2, -0.15) is 5.10 Å². The molecule has 0 aromatic carbocycles. The molecule has 22 heavy (non-hydrogen) atoms. The number of hydrogen-bond donors (Lipinski definition) is 3. The van der Waals surface area contributed by atoms with Gasteiger partial charge < -0.3 is 20.5 Å². The van der Waals surface area contributed by atoms with Gasteiger partial charge in [-0.3, -0.25) is 19.1 Å². The number of carbonyl (C=O) groups is 3. The first-order chi connectivity index (χ1) is 10.5. The Morgan fingerprint density at radius 3 is 2.68 bits per heavy atom. The van der Waals surface area contributed by atoms with E-state index in [1.165, 1.54) is 18.0 Å². The minimum atomic E-state index is -1.06. The third-order valence-corrected chi connectivity index (χ3v) is 2.73. The fourth-order valence-corrected chi connectivity index (χ4v) is 1.63. The minimum Gasteiger partial charge on any atom is -0.481 e. The highest BCUT2D eigenvalue weighted by atomic mass is 16.5. The molecule has 0 saturated carbocycles. The number of ether oxygens (including phenoxy) is 1. The average molecular weight is 312 g/mol. The van der Waals surface area contributed by atoms with E-state index < -0.39 is 17.8 Å². The standard InChI is InChI=1S/C13H20N4O5/c1-3-17-8-9(15-10(18)4-5-11(19)20)12(16-17)13(21)14-6-7-22-2/h8H,3-7H2,1-2H3,(H,14,21)(H,15,18)(H,19,20). The average Bonchev–Trinajstić information content (AvgIpc) is 2.88. The summed E-state index contributed by atoms with van der Waals surface area (Å²) >= 11 is 0. The van der Waals surface area contributed by atoms with Crippen molar-refractivity contribution in [3.8, 4) is 0 Å². The number of hydrogen-bond acceptors (Lipinski definition) is 5. The Morgan fingerprint density at radius 1 is 1.36 bits per heavy atom. The zero-order valence-electron chi connectivity index (χ0n) is 12.6. The Hall–Kier alpha value is -2.42. The van der Waals surface area contributed by atoms with Crippen LogP contribution in [0.4, 0.5) is 5.69 Å². The molecule has 0 radical (unpaired) electrons. The second-order valence-electron chi connectivity index (χ2n) is 4.44. The molecule has 1 rings (SSSR count). The second-order valence-corrected chi connectivity index (χ2v) is 4.44. The fourth-order valence-electron chi connectivity index (χ4n) is 1.63. The molecule has 0 aliphatic rings. The highest BCUT2D eigenvalue weighted by molar-refractivity contribution is 6.02. The van der Waals surface area contributed by atoms with Gasteiger partial charge in [0.2, 0.25) is 5.91 Å². The minimum absolute atomic E-state index is 0.0848. The first-order valence-corrected chi connectivity index (χ1v) is 6.84. The number of carbonyl (C=O) groups excluding carboxylic acids is 2. The van der Waals surface area contributed by atoms with Gasteiger partial charge in [0.05, 0.1) is 18.7 Å². The summed E-state index contributed by atoms with van der Waals surface area (Å²) in [4.78, 5) is 34.2. The zero-order valence-corrected chi connectivity index (χ0v) is 12.6. The number of carboxylic acid groups (broad SMARTS) is 1. The lowest BCUT2D eigenvalue weighted by Gasteiger charge is -2.05. The van der Waals surface area contributed by atoms with Crippen LogP contribution in [0.25, 0.3) is 0 Å². The number of nitrogens with one attached hydrogen (secondary N) is 2. The molecule has 0 fully saturated rings. The van der Waals surface area contributed by atoms with Crippen molar-refractivity contribution in [1.29, 1.82) is 0 Å². The van der Waals surface area contributed by atoms with E-state index >= 15 is 0 Å². The van der Waals surface area contributed by atoms with Crippen molar-refractivity contribution < 1.29 is 24.2 Å². The summed E-state index contributed by atoms with van der Waals surface area (Å²) in [5, 5.41) is 17.8. The first-order valence-electron chi connectivity index (χ1n) is 6.84. The number of aryl methyl sites for hydroxylation is 1. The number of aliphatic carboxylic acids is 1. The van der Waals surface area contributed by atoms with E-state index in [2.05, 4.69) is 15.7 Å². The number of aromatic nitrogens is 2. The van der Waals surface area contributed by atoms with Crippen molar-refractivity contribution in [1.82, 2.24) is 15.1 Å². The number of carboxylic acids is 1. The van der Waals surface area contributed by atoms with Crippen molar-refractivity contribution in [2.45, 2.75) is 26.3 Å². The van der Waals surface area contributed by atoms with E-state index in [-0.39, 0.29) is 24.2 Å². The predicted octanol–water partition coefficient (Wildman–Crippen LogP) is 0.0825. The SMILES string of the molecule is CCn1cc(NC(=O)CCC(=O)O)c(C(=O)NCCOC)n1. The van der Waals surface area contributed by atoms with Crippen LogP contribution < -0.4 is 10.6 Å². The van der Waals surface area contributed by atoms with Crippen molar-refractivity contribution >= 4 is 23.5 Å². The van der Waals surface area contributed by atoms with E-state index in [0.717, 1.165) is 0 Å². The summed E-state index contributed by atoms with van der Waals surface area (Å²) in [6.45, 7) is 3.06. The Bertz CT molecular complexity index is 541. The largest absolute Gasteiger partial charge is 0.481 e. The van der Waals surface area contributed by atoms with E-state index in [0.29, 0.717) is 19.7 Å². The van der Waals surface area contributed by atoms with Gasteiger partial charge in [0.15, 0.2) is 5.69 Å². The Balaban J connectivity index is 2.75. The van der Waals surface area contributed by atoms with Gasteiger partial charge in [-0.05, 0) is 6.92 Å². The van der Waals surface area contributed by atoms with E-state index in [9.17, 15) is 14.4 Å². The van der Waals surface area contributed by atoms with E-state index in [4.69, 9.17) is 9.84 Å². The molecule has 9 nitrogen and oxygen atoms in total. The summed E-state index contributed by atoms with van der Waals surface area (Å²) in [6.07, 6.45) is 1.09. The monoisotopic (exact) mass is 312 g/mol. The van der Waals surface area contributed by atoms with Crippen LogP contribution in [0.2, 0.25) is 0 Å². The molecule has 9 heteroatoms. The predicted molar refractivity (Wildman–Crippen MR) is 77.6 cm³/mol. The summed E-state index contributed by atoms with van der Waals surface area (Å²) in [6, 6.07) is 0. The van der Waals surface area contributed by atoms with Gasteiger partial charge in [-0.15, -0.1) is 0 Å². The molecule has 3 N–H and O–H groups in total. The Kier molecular flexibility index (Phi) is 7.03. The van der Waals surface area contributed by atoms with Crippen molar-refractivity contribution in [3.63, 3.8) is 0 Å². The maximum absolute atomic E-state index is 12.0. The molecule has 0 spiro atoms. The number of nitrogens with zero attached hydrogens (tertiary/aromatic N) is 2. The molecule has 2 amide bonds. The molecule has 1 aromatic heterocycles. The third-order valence-electron chi connectivity index (χ3n) is 2.73. The summed E-state index contributed by atoms with van der Waals surface area (Å²) in [7, 11) is 1.52. The van der Waals surface area contributed by atoms with Crippen molar-refractivity contribution in [2.24, 2.45) is 0 Å². The van der Waals surface area contributed by atoms with Gasteiger partial charge in [0.25, 0.3) is 5.91 Å². The van der Waals surface area contributed by atoms with Gasteiger partial charge >= 0.3 is 5.97 Å². The summed E-state index contributed by atoms with van der Waals surface area (Å²) in [5.74, 6) is -1.97. The van der Waals surface area contributed by atoms with E-state index in [1.54, 1.807) is 0 Å². The lowest BCUT2D eigenvalue weighted by atomic mass is 10.2. The lowest BCUT2D eigenvalue weighted by Crippen LogP contribution is -2.28. The summed E-state index contributed by atoms with van der Waals surface area (Å²) < 4.78 is 6.35. The zero-order chi connectivity index (χ0) is 16.5. The third kappa shape index (κ3) is 5.52. The maximum Gasteiger partial charge on any atom is 0.303 e. The number of rotatable bonds is 9.